The van der Waals surface area contributed by atoms with Gasteiger partial charge in [0.2, 0.25) is 0 Å². The SMILES string of the molecule is CCC(C)COc1ccc(N)c(F)c1. The van der Waals surface area contributed by atoms with Crippen molar-refractivity contribution in [3.8, 4) is 5.75 Å². The van der Waals surface area contributed by atoms with Gasteiger partial charge < -0.3 is 10.5 Å². The first kappa shape index (κ1) is 10.8. The number of halogens is 1. The Hall–Kier alpha value is -1.25. The second-order valence-electron chi connectivity index (χ2n) is 3.51. The highest BCUT2D eigenvalue weighted by Crippen LogP contribution is 2.18. The summed E-state index contributed by atoms with van der Waals surface area (Å²) < 4.78 is 18.4. The zero-order valence-corrected chi connectivity index (χ0v) is 8.59. The molecule has 0 aliphatic carbocycles. The van der Waals surface area contributed by atoms with Gasteiger partial charge >= 0.3 is 0 Å². The van der Waals surface area contributed by atoms with Gasteiger partial charge in [0.05, 0.1) is 12.3 Å². The number of hydrogen-bond acceptors (Lipinski definition) is 2. The molecule has 0 amide bonds. The topological polar surface area (TPSA) is 35.2 Å². The molecule has 3 heteroatoms. The monoisotopic (exact) mass is 197 g/mol. The van der Waals surface area contributed by atoms with E-state index >= 15 is 0 Å². The molecular formula is C11H16FNO. The largest absolute Gasteiger partial charge is 0.493 e. The number of benzene rings is 1. The fraction of sp³-hybridized carbons (Fsp3) is 0.455. The fourth-order valence-electron chi connectivity index (χ4n) is 0.954. The molecule has 0 heterocycles. The Balaban J connectivity index is 2.55. The van der Waals surface area contributed by atoms with E-state index in [-0.39, 0.29) is 5.69 Å². The van der Waals surface area contributed by atoms with Crippen LogP contribution in [0.15, 0.2) is 18.2 Å². The van der Waals surface area contributed by atoms with Gasteiger partial charge in [-0.2, -0.15) is 0 Å². The van der Waals surface area contributed by atoms with Crippen molar-refractivity contribution in [2.75, 3.05) is 12.3 Å². The molecule has 2 N–H and O–H groups in total. The molecule has 1 rings (SSSR count). The number of nitrogens with two attached hydrogens (primary N) is 1. The zero-order valence-electron chi connectivity index (χ0n) is 8.59. The summed E-state index contributed by atoms with van der Waals surface area (Å²) in [6.07, 6.45) is 1.05. The van der Waals surface area contributed by atoms with Crippen molar-refractivity contribution in [1.82, 2.24) is 0 Å². The van der Waals surface area contributed by atoms with E-state index < -0.39 is 5.82 Å². The Kier molecular flexibility index (Phi) is 3.74. The quantitative estimate of drug-likeness (QED) is 0.753. The van der Waals surface area contributed by atoms with Crippen LogP contribution < -0.4 is 10.5 Å². The highest BCUT2D eigenvalue weighted by molar-refractivity contribution is 5.43. The molecule has 1 unspecified atom stereocenters. The van der Waals surface area contributed by atoms with Crippen molar-refractivity contribution in [2.45, 2.75) is 20.3 Å². The van der Waals surface area contributed by atoms with E-state index in [1.54, 1.807) is 6.07 Å². The van der Waals surface area contributed by atoms with Gasteiger partial charge in [-0.3, -0.25) is 0 Å². The Morgan fingerprint density at radius 1 is 1.50 bits per heavy atom. The Bertz CT molecular complexity index is 301. The first-order chi connectivity index (χ1) is 6.63. The third-order valence-corrected chi connectivity index (χ3v) is 2.20. The van der Waals surface area contributed by atoms with Crippen molar-refractivity contribution in [1.29, 1.82) is 0 Å². The summed E-state index contributed by atoms with van der Waals surface area (Å²) in [5.41, 5.74) is 5.49. The van der Waals surface area contributed by atoms with E-state index in [1.807, 2.05) is 0 Å². The maximum atomic E-state index is 13.0. The second-order valence-corrected chi connectivity index (χ2v) is 3.51. The lowest BCUT2D eigenvalue weighted by atomic mass is 10.1. The summed E-state index contributed by atoms with van der Waals surface area (Å²) >= 11 is 0. The average Bonchev–Trinajstić information content (AvgIpc) is 2.19. The highest BCUT2D eigenvalue weighted by Gasteiger charge is 2.03. The third kappa shape index (κ3) is 2.91. The number of ether oxygens (including phenoxy) is 1. The minimum absolute atomic E-state index is 0.154. The van der Waals surface area contributed by atoms with Crippen LogP contribution in [0.3, 0.4) is 0 Å². The zero-order chi connectivity index (χ0) is 10.6. The standard InChI is InChI=1S/C11H16FNO/c1-3-8(2)7-14-9-4-5-11(13)10(12)6-9/h4-6,8H,3,7,13H2,1-2H3. The van der Waals surface area contributed by atoms with E-state index in [2.05, 4.69) is 13.8 Å². The van der Waals surface area contributed by atoms with Crippen LogP contribution in [-0.2, 0) is 0 Å². The lowest BCUT2D eigenvalue weighted by Crippen LogP contribution is -2.07. The van der Waals surface area contributed by atoms with Crippen LogP contribution in [0.2, 0.25) is 0 Å². The number of hydrogen-bond donors (Lipinski definition) is 1. The van der Waals surface area contributed by atoms with E-state index in [0.717, 1.165) is 6.42 Å². The lowest BCUT2D eigenvalue weighted by molar-refractivity contribution is 0.255. The normalized spacial score (nSPS) is 12.5. The van der Waals surface area contributed by atoms with Gasteiger partial charge in [0.1, 0.15) is 11.6 Å². The number of nitrogen functional groups attached to an aromatic ring is 1. The van der Waals surface area contributed by atoms with Crippen molar-refractivity contribution < 1.29 is 9.13 Å². The highest BCUT2D eigenvalue weighted by atomic mass is 19.1. The van der Waals surface area contributed by atoms with Crippen molar-refractivity contribution in [3.05, 3.63) is 24.0 Å². The summed E-state index contributed by atoms with van der Waals surface area (Å²) in [7, 11) is 0. The van der Waals surface area contributed by atoms with Crippen molar-refractivity contribution >= 4 is 5.69 Å². The van der Waals surface area contributed by atoms with E-state index in [4.69, 9.17) is 10.5 Å². The van der Waals surface area contributed by atoms with Gasteiger partial charge in [-0.05, 0) is 18.1 Å². The summed E-state index contributed by atoms with van der Waals surface area (Å²) in [5.74, 6) is 0.597. The van der Waals surface area contributed by atoms with E-state index in [1.165, 1.54) is 12.1 Å². The molecule has 1 aromatic carbocycles. The first-order valence-electron chi connectivity index (χ1n) is 4.81. The minimum Gasteiger partial charge on any atom is -0.493 e. The van der Waals surface area contributed by atoms with Gasteiger partial charge in [-0.25, -0.2) is 4.39 Å². The van der Waals surface area contributed by atoms with Gasteiger partial charge in [-0.1, -0.05) is 20.3 Å². The fourth-order valence-corrected chi connectivity index (χ4v) is 0.954. The van der Waals surface area contributed by atoms with Crippen LogP contribution in [0, 0.1) is 11.7 Å². The number of rotatable bonds is 4. The Morgan fingerprint density at radius 2 is 2.21 bits per heavy atom. The second kappa shape index (κ2) is 4.84. The van der Waals surface area contributed by atoms with Gasteiger partial charge in [0, 0.05) is 6.07 Å². The molecule has 0 aliphatic rings. The van der Waals surface area contributed by atoms with Crippen molar-refractivity contribution in [2.24, 2.45) is 5.92 Å². The minimum atomic E-state index is -0.424. The van der Waals surface area contributed by atoms with E-state index in [0.29, 0.717) is 18.3 Å². The number of anilines is 1. The molecule has 1 aromatic rings. The molecule has 0 spiro atoms. The maximum absolute atomic E-state index is 13.0. The predicted octanol–water partition coefficient (Wildman–Crippen LogP) is 2.83. The van der Waals surface area contributed by atoms with Crippen LogP contribution in [0.4, 0.5) is 10.1 Å². The molecular weight excluding hydrogens is 181 g/mol. The van der Waals surface area contributed by atoms with E-state index in [9.17, 15) is 4.39 Å². The third-order valence-electron chi connectivity index (χ3n) is 2.20. The van der Waals surface area contributed by atoms with Crippen LogP contribution in [-0.4, -0.2) is 6.61 Å². The molecule has 78 valence electrons. The molecule has 0 aliphatic heterocycles. The summed E-state index contributed by atoms with van der Waals surface area (Å²) in [5, 5.41) is 0. The Labute approximate surface area is 83.9 Å². The van der Waals surface area contributed by atoms with Crippen LogP contribution in [0.25, 0.3) is 0 Å². The molecule has 0 saturated carbocycles. The average molecular weight is 197 g/mol. The lowest BCUT2D eigenvalue weighted by Gasteiger charge is -2.11. The molecule has 0 radical (unpaired) electrons. The smallest absolute Gasteiger partial charge is 0.149 e. The van der Waals surface area contributed by atoms with Gasteiger partial charge in [-0.15, -0.1) is 0 Å². The predicted molar refractivity (Wildman–Crippen MR) is 55.8 cm³/mol. The molecule has 0 fully saturated rings. The molecule has 0 bridgehead atoms. The summed E-state index contributed by atoms with van der Waals surface area (Å²) in [4.78, 5) is 0. The molecule has 0 aromatic heterocycles. The van der Waals surface area contributed by atoms with Crippen LogP contribution in [0.1, 0.15) is 20.3 Å². The van der Waals surface area contributed by atoms with Gasteiger partial charge in [0.25, 0.3) is 0 Å². The Morgan fingerprint density at radius 3 is 2.79 bits per heavy atom. The molecule has 0 saturated heterocycles. The van der Waals surface area contributed by atoms with Crippen LogP contribution in [0.5, 0.6) is 5.75 Å². The summed E-state index contributed by atoms with van der Waals surface area (Å²) in [6, 6.07) is 4.51. The molecule has 2 nitrogen and oxygen atoms in total. The van der Waals surface area contributed by atoms with Crippen molar-refractivity contribution in [3.63, 3.8) is 0 Å². The maximum Gasteiger partial charge on any atom is 0.149 e. The van der Waals surface area contributed by atoms with Gasteiger partial charge in [0.15, 0.2) is 0 Å². The first-order valence-corrected chi connectivity index (χ1v) is 4.81. The molecule has 1 atom stereocenters. The summed E-state index contributed by atoms with van der Waals surface area (Å²) in [6.45, 7) is 4.80. The van der Waals surface area contributed by atoms with Crippen LogP contribution >= 0.6 is 0 Å². The molecule has 14 heavy (non-hydrogen) atoms.